The minimum Gasteiger partial charge on any atom is -0.0622 e. The van der Waals surface area contributed by atoms with Crippen molar-refractivity contribution in [2.75, 3.05) is 0 Å². The van der Waals surface area contributed by atoms with Gasteiger partial charge in [0.25, 0.3) is 0 Å². The SMILES string of the molecule is c1ccc(P(c2ccccc2)c2ccc3c4c(cccc24)CC3)cc1. The molecule has 0 aromatic heterocycles. The molecule has 0 fully saturated rings. The molecule has 0 bridgehead atoms. The number of rotatable bonds is 3. The molecule has 5 rings (SSSR count). The van der Waals surface area contributed by atoms with Crippen molar-refractivity contribution >= 4 is 34.6 Å². The number of benzene rings is 4. The first-order valence-corrected chi connectivity index (χ1v) is 10.2. The molecule has 25 heavy (non-hydrogen) atoms. The first-order valence-electron chi connectivity index (χ1n) is 8.85. The lowest BCUT2D eigenvalue weighted by Gasteiger charge is -2.21. The van der Waals surface area contributed by atoms with Gasteiger partial charge in [0.2, 0.25) is 0 Å². The molecule has 1 heteroatoms. The zero-order chi connectivity index (χ0) is 16.6. The Bertz CT molecular complexity index is 986. The van der Waals surface area contributed by atoms with Gasteiger partial charge in [0.15, 0.2) is 0 Å². The standard InChI is InChI=1S/C24H19P/c1-3-9-20(10-4-1)25(21-11-5-2-6-12-21)23-17-16-19-15-14-18-8-7-13-22(23)24(18)19/h1-13,16-17H,14-15H2. The molecule has 1 aliphatic rings. The topological polar surface area (TPSA) is 0 Å². The van der Waals surface area contributed by atoms with Gasteiger partial charge in [-0.25, -0.2) is 0 Å². The van der Waals surface area contributed by atoms with Gasteiger partial charge in [-0.05, 0) is 58.6 Å². The van der Waals surface area contributed by atoms with E-state index in [0.717, 1.165) is 0 Å². The molecular weight excluding hydrogens is 319 g/mol. The summed E-state index contributed by atoms with van der Waals surface area (Å²) in [4.78, 5) is 0. The summed E-state index contributed by atoms with van der Waals surface area (Å²) in [5.41, 5.74) is 3.04. The molecule has 0 aliphatic heterocycles. The van der Waals surface area contributed by atoms with Gasteiger partial charge in [0.1, 0.15) is 0 Å². The van der Waals surface area contributed by atoms with Crippen LogP contribution in [-0.2, 0) is 12.8 Å². The fourth-order valence-electron chi connectivity index (χ4n) is 4.01. The van der Waals surface area contributed by atoms with Crippen LogP contribution in [-0.4, -0.2) is 0 Å². The summed E-state index contributed by atoms with van der Waals surface area (Å²) in [5.74, 6) is 0. The van der Waals surface area contributed by atoms with Crippen LogP contribution in [0.5, 0.6) is 0 Å². The van der Waals surface area contributed by atoms with E-state index in [-0.39, 0.29) is 0 Å². The summed E-state index contributed by atoms with van der Waals surface area (Å²) in [6.45, 7) is 0. The Labute approximate surface area is 149 Å². The third-order valence-corrected chi connectivity index (χ3v) is 7.62. The fourth-order valence-corrected chi connectivity index (χ4v) is 6.45. The number of hydrogen-bond acceptors (Lipinski definition) is 0. The molecule has 0 atom stereocenters. The van der Waals surface area contributed by atoms with E-state index in [1.54, 1.807) is 0 Å². The maximum atomic E-state index is 2.39. The molecule has 1 aliphatic carbocycles. The fraction of sp³-hybridized carbons (Fsp3) is 0.0833. The van der Waals surface area contributed by atoms with Crippen molar-refractivity contribution in [3.63, 3.8) is 0 Å². The van der Waals surface area contributed by atoms with Gasteiger partial charge in [0.05, 0.1) is 0 Å². The van der Waals surface area contributed by atoms with Crippen molar-refractivity contribution in [2.45, 2.75) is 12.8 Å². The first-order chi connectivity index (χ1) is 12.4. The normalized spacial score (nSPS) is 12.8. The summed E-state index contributed by atoms with van der Waals surface area (Å²) in [6.07, 6.45) is 2.37. The third kappa shape index (κ3) is 2.49. The van der Waals surface area contributed by atoms with E-state index in [9.17, 15) is 0 Å². The summed E-state index contributed by atoms with van der Waals surface area (Å²) in [6, 6.07) is 33.6. The molecule has 0 N–H and O–H groups in total. The first kappa shape index (κ1) is 14.9. The Kier molecular flexibility index (Phi) is 3.65. The predicted octanol–water partition coefficient (Wildman–Crippen LogP) is 4.70. The maximum absolute atomic E-state index is 2.39. The highest BCUT2D eigenvalue weighted by Crippen LogP contribution is 2.39. The van der Waals surface area contributed by atoms with Crippen molar-refractivity contribution < 1.29 is 0 Å². The molecule has 0 saturated heterocycles. The quantitative estimate of drug-likeness (QED) is 0.475. The van der Waals surface area contributed by atoms with Gasteiger partial charge in [-0.1, -0.05) is 91.0 Å². The van der Waals surface area contributed by atoms with Crippen LogP contribution in [0.15, 0.2) is 91.0 Å². The molecule has 4 aromatic rings. The van der Waals surface area contributed by atoms with Crippen LogP contribution in [0.2, 0.25) is 0 Å². The zero-order valence-electron chi connectivity index (χ0n) is 14.0. The molecule has 0 heterocycles. The summed E-state index contributed by atoms with van der Waals surface area (Å²) < 4.78 is 0. The molecule has 4 aromatic carbocycles. The van der Waals surface area contributed by atoms with Gasteiger partial charge in [-0.2, -0.15) is 0 Å². The smallest absolute Gasteiger partial charge is 0.00723 e. The molecule has 0 nitrogen and oxygen atoms in total. The number of aryl methyl sites for hydroxylation is 2. The van der Waals surface area contributed by atoms with Crippen LogP contribution >= 0.6 is 7.92 Å². The average Bonchev–Trinajstić information content (AvgIpc) is 3.11. The maximum Gasteiger partial charge on any atom is -0.00723 e. The minimum absolute atomic E-state index is 0.543. The third-order valence-electron chi connectivity index (χ3n) is 5.12. The Morgan fingerprint density at radius 2 is 1.12 bits per heavy atom. The van der Waals surface area contributed by atoms with Gasteiger partial charge < -0.3 is 0 Å². The van der Waals surface area contributed by atoms with E-state index < -0.39 is 7.92 Å². The van der Waals surface area contributed by atoms with Crippen LogP contribution < -0.4 is 15.9 Å². The highest BCUT2D eigenvalue weighted by Gasteiger charge is 2.22. The second-order valence-corrected chi connectivity index (χ2v) is 8.78. The van der Waals surface area contributed by atoms with Crippen LogP contribution in [0, 0.1) is 0 Å². The second kappa shape index (κ2) is 6.14. The van der Waals surface area contributed by atoms with Crippen LogP contribution in [0.1, 0.15) is 11.1 Å². The van der Waals surface area contributed by atoms with E-state index >= 15 is 0 Å². The van der Waals surface area contributed by atoms with E-state index in [2.05, 4.69) is 91.0 Å². The Morgan fingerprint density at radius 3 is 1.76 bits per heavy atom. The van der Waals surface area contributed by atoms with Crippen molar-refractivity contribution in [3.8, 4) is 0 Å². The molecule has 120 valence electrons. The molecule has 0 radical (unpaired) electrons. The van der Waals surface area contributed by atoms with E-state index in [1.165, 1.54) is 50.7 Å². The summed E-state index contributed by atoms with van der Waals surface area (Å²) >= 11 is 0. The largest absolute Gasteiger partial charge is 0.0622 e. The van der Waals surface area contributed by atoms with Crippen molar-refractivity contribution in [1.29, 1.82) is 0 Å². The van der Waals surface area contributed by atoms with Crippen molar-refractivity contribution in [2.24, 2.45) is 0 Å². The summed E-state index contributed by atoms with van der Waals surface area (Å²) in [7, 11) is -0.543. The highest BCUT2D eigenvalue weighted by molar-refractivity contribution is 7.80. The monoisotopic (exact) mass is 338 g/mol. The highest BCUT2D eigenvalue weighted by atomic mass is 31.1. The van der Waals surface area contributed by atoms with Gasteiger partial charge >= 0.3 is 0 Å². The van der Waals surface area contributed by atoms with Crippen LogP contribution in [0.25, 0.3) is 10.8 Å². The van der Waals surface area contributed by atoms with Crippen LogP contribution in [0.4, 0.5) is 0 Å². The van der Waals surface area contributed by atoms with Gasteiger partial charge in [-0.3, -0.25) is 0 Å². The molecule has 0 amide bonds. The lowest BCUT2D eigenvalue weighted by Crippen LogP contribution is -2.21. The average molecular weight is 338 g/mol. The van der Waals surface area contributed by atoms with Crippen molar-refractivity contribution in [3.05, 3.63) is 102 Å². The van der Waals surface area contributed by atoms with Gasteiger partial charge in [-0.15, -0.1) is 0 Å². The zero-order valence-corrected chi connectivity index (χ0v) is 14.9. The second-order valence-electron chi connectivity index (χ2n) is 6.59. The number of hydrogen-bond donors (Lipinski definition) is 0. The Balaban J connectivity index is 1.80. The van der Waals surface area contributed by atoms with E-state index in [0.29, 0.717) is 0 Å². The lowest BCUT2D eigenvalue weighted by molar-refractivity contribution is 1.02. The van der Waals surface area contributed by atoms with Crippen LogP contribution in [0.3, 0.4) is 0 Å². The molecular formula is C24H19P. The molecule has 0 spiro atoms. The lowest BCUT2D eigenvalue weighted by atomic mass is 10.1. The van der Waals surface area contributed by atoms with Gasteiger partial charge in [0, 0.05) is 0 Å². The minimum atomic E-state index is -0.543. The molecule has 0 unspecified atom stereocenters. The predicted molar refractivity (Wildman–Crippen MR) is 110 cm³/mol. The van der Waals surface area contributed by atoms with Crippen molar-refractivity contribution in [1.82, 2.24) is 0 Å². The summed E-state index contributed by atoms with van der Waals surface area (Å²) in [5, 5.41) is 7.28. The molecule has 0 saturated carbocycles. The van der Waals surface area contributed by atoms with E-state index in [1.807, 2.05) is 0 Å². The Morgan fingerprint density at radius 1 is 0.520 bits per heavy atom. The Hall–Kier alpha value is -2.43. The van der Waals surface area contributed by atoms with E-state index in [4.69, 9.17) is 0 Å².